The number of nitrogens with zero attached hydrogens (tertiary/aromatic N) is 1. The van der Waals surface area contributed by atoms with Crippen LogP contribution in [-0.4, -0.2) is 27.1 Å². The molecular weight excluding hydrogens is 238 g/mol. The molecule has 0 aliphatic rings. The van der Waals surface area contributed by atoms with Crippen molar-refractivity contribution in [2.45, 2.75) is 24.9 Å². The van der Waals surface area contributed by atoms with E-state index in [1.54, 1.807) is 12.1 Å². The molecule has 0 saturated heterocycles. The summed E-state index contributed by atoms with van der Waals surface area (Å²) in [6, 6.07) is 1.65. The van der Waals surface area contributed by atoms with Gasteiger partial charge in [0.2, 0.25) is 0 Å². The number of aliphatic carboxylic acids is 2. The molecule has 7 nitrogen and oxygen atoms in total. The van der Waals surface area contributed by atoms with E-state index in [1.807, 2.05) is 0 Å². The Labute approximate surface area is 103 Å². The molecule has 2 unspecified atom stereocenters. The Morgan fingerprint density at radius 2 is 1.72 bits per heavy atom. The van der Waals surface area contributed by atoms with Gasteiger partial charge in [0.05, 0.1) is 24.6 Å². The van der Waals surface area contributed by atoms with Gasteiger partial charge < -0.3 is 21.7 Å². The van der Waals surface area contributed by atoms with Crippen LogP contribution >= 0.6 is 0 Å². The summed E-state index contributed by atoms with van der Waals surface area (Å²) >= 11 is 0. The maximum absolute atomic E-state index is 10.6. The molecule has 6 N–H and O–H groups in total. The summed E-state index contributed by atoms with van der Waals surface area (Å²) in [5.41, 5.74) is 12.3. The molecule has 1 aromatic rings. The van der Waals surface area contributed by atoms with Crippen LogP contribution in [0.1, 0.15) is 36.2 Å². The number of hydrogen-bond acceptors (Lipinski definition) is 5. The third-order valence-corrected chi connectivity index (χ3v) is 2.41. The van der Waals surface area contributed by atoms with E-state index in [2.05, 4.69) is 4.98 Å². The third kappa shape index (κ3) is 3.79. The van der Waals surface area contributed by atoms with E-state index in [0.717, 1.165) is 0 Å². The largest absolute Gasteiger partial charge is 0.481 e. The normalized spacial score (nSPS) is 13.9. The third-order valence-electron chi connectivity index (χ3n) is 2.41. The van der Waals surface area contributed by atoms with Gasteiger partial charge in [-0.1, -0.05) is 6.07 Å². The highest BCUT2D eigenvalue weighted by Crippen LogP contribution is 2.23. The quantitative estimate of drug-likeness (QED) is 0.560. The first-order chi connectivity index (χ1) is 8.41. The lowest BCUT2D eigenvalue weighted by Crippen LogP contribution is -2.23. The van der Waals surface area contributed by atoms with Crippen LogP contribution in [0.15, 0.2) is 18.3 Å². The molecule has 2 atom stereocenters. The Bertz CT molecular complexity index is 409. The monoisotopic (exact) mass is 253 g/mol. The molecule has 0 aliphatic carbocycles. The molecule has 0 saturated carbocycles. The Hall–Kier alpha value is -1.99. The highest BCUT2D eigenvalue weighted by atomic mass is 16.4. The SMILES string of the molecule is NC(CC(=O)O)c1cccnc1C(N)CC(=O)O. The number of carboxylic acids is 2. The van der Waals surface area contributed by atoms with E-state index in [0.29, 0.717) is 11.3 Å². The summed E-state index contributed by atoms with van der Waals surface area (Å²) < 4.78 is 0. The minimum atomic E-state index is -1.05. The van der Waals surface area contributed by atoms with Gasteiger partial charge >= 0.3 is 11.9 Å². The van der Waals surface area contributed by atoms with Crippen molar-refractivity contribution in [2.75, 3.05) is 0 Å². The second-order valence-corrected chi connectivity index (χ2v) is 3.89. The summed E-state index contributed by atoms with van der Waals surface area (Å²) in [6.07, 6.45) is 0.913. The number of carbonyl (C=O) groups is 2. The lowest BCUT2D eigenvalue weighted by Gasteiger charge is -2.17. The summed E-state index contributed by atoms with van der Waals surface area (Å²) in [6.45, 7) is 0. The maximum Gasteiger partial charge on any atom is 0.305 e. The Kier molecular flexibility index (Phi) is 4.75. The van der Waals surface area contributed by atoms with Crippen molar-refractivity contribution in [1.82, 2.24) is 4.98 Å². The molecule has 0 aliphatic heterocycles. The summed E-state index contributed by atoms with van der Waals surface area (Å²) in [5, 5.41) is 17.4. The van der Waals surface area contributed by atoms with Gasteiger partial charge in [0, 0.05) is 12.2 Å². The van der Waals surface area contributed by atoms with E-state index in [4.69, 9.17) is 21.7 Å². The molecule has 7 heteroatoms. The molecule has 0 spiro atoms. The molecule has 0 fully saturated rings. The maximum atomic E-state index is 10.6. The number of pyridine rings is 1. The van der Waals surface area contributed by atoms with Crippen LogP contribution in [0.5, 0.6) is 0 Å². The van der Waals surface area contributed by atoms with Crippen molar-refractivity contribution in [3.63, 3.8) is 0 Å². The Morgan fingerprint density at radius 1 is 1.17 bits per heavy atom. The summed E-state index contributed by atoms with van der Waals surface area (Å²) in [4.78, 5) is 25.2. The smallest absolute Gasteiger partial charge is 0.305 e. The second-order valence-electron chi connectivity index (χ2n) is 3.89. The van der Waals surface area contributed by atoms with Crippen LogP contribution in [0.4, 0.5) is 0 Å². The lowest BCUT2D eigenvalue weighted by atomic mass is 9.98. The number of hydrogen-bond donors (Lipinski definition) is 4. The average molecular weight is 253 g/mol. The van der Waals surface area contributed by atoms with Crippen LogP contribution in [0, 0.1) is 0 Å². The minimum absolute atomic E-state index is 0.265. The molecule has 1 aromatic heterocycles. The van der Waals surface area contributed by atoms with Gasteiger partial charge in [0.25, 0.3) is 0 Å². The molecular formula is C11H15N3O4. The highest BCUT2D eigenvalue weighted by molar-refractivity contribution is 5.69. The van der Waals surface area contributed by atoms with E-state index in [9.17, 15) is 9.59 Å². The molecule has 18 heavy (non-hydrogen) atoms. The molecule has 0 aromatic carbocycles. The second kappa shape index (κ2) is 6.08. The van der Waals surface area contributed by atoms with Gasteiger partial charge in [0.1, 0.15) is 0 Å². The molecule has 0 amide bonds. The fraction of sp³-hybridized carbons (Fsp3) is 0.364. The molecule has 1 heterocycles. The summed E-state index contributed by atoms with van der Waals surface area (Å²) in [5.74, 6) is -2.09. The van der Waals surface area contributed by atoms with Gasteiger partial charge in [-0.05, 0) is 11.6 Å². The fourth-order valence-corrected chi connectivity index (χ4v) is 1.64. The van der Waals surface area contributed by atoms with Gasteiger partial charge in [-0.3, -0.25) is 14.6 Å². The van der Waals surface area contributed by atoms with E-state index in [1.165, 1.54) is 6.20 Å². The van der Waals surface area contributed by atoms with E-state index in [-0.39, 0.29) is 12.8 Å². The zero-order valence-corrected chi connectivity index (χ0v) is 9.61. The predicted octanol–water partition coefficient (Wildman–Crippen LogP) is 0.0306. The zero-order chi connectivity index (χ0) is 13.7. The fourth-order valence-electron chi connectivity index (χ4n) is 1.64. The van der Waals surface area contributed by atoms with Crippen molar-refractivity contribution in [3.8, 4) is 0 Å². The first kappa shape index (κ1) is 14.1. The van der Waals surface area contributed by atoms with Crippen LogP contribution in [0.25, 0.3) is 0 Å². The van der Waals surface area contributed by atoms with Crippen molar-refractivity contribution in [3.05, 3.63) is 29.6 Å². The minimum Gasteiger partial charge on any atom is -0.481 e. The highest BCUT2D eigenvalue weighted by Gasteiger charge is 2.20. The Balaban J connectivity index is 2.98. The zero-order valence-electron chi connectivity index (χ0n) is 9.61. The topological polar surface area (TPSA) is 140 Å². The van der Waals surface area contributed by atoms with E-state index >= 15 is 0 Å². The van der Waals surface area contributed by atoms with Crippen LogP contribution in [0.3, 0.4) is 0 Å². The number of rotatable bonds is 6. The first-order valence-corrected chi connectivity index (χ1v) is 5.31. The number of nitrogens with two attached hydrogens (primary N) is 2. The summed E-state index contributed by atoms with van der Waals surface area (Å²) in [7, 11) is 0. The Morgan fingerprint density at radius 3 is 2.28 bits per heavy atom. The number of carboxylic acid groups (broad SMARTS) is 2. The molecule has 0 radical (unpaired) electrons. The van der Waals surface area contributed by atoms with E-state index < -0.39 is 24.0 Å². The first-order valence-electron chi connectivity index (χ1n) is 5.31. The van der Waals surface area contributed by atoms with Crippen LogP contribution in [0.2, 0.25) is 0 Å². The molecule has 1 rings (SSSR count). The predicted molar refractivity (Wildman–Crippen MR) is 62.6 cm³/mol. The van der Waals surface area contributed by atoms with Crippen LogP contribution < -0.4 is 11.5 Å². The van der Waals surface area contributed by atoms with Crippen molar-refractivity contribution in [2.24, 2.45) is 11.5 Å². The van der Waals surface area contributed by atoms with Crippen molar-refractivity contribution >= 4 is 11.9 Å². The molecule has 98 valence electrons. The van der Waals surface area contributed by atoms with Crippen molar-refractivity contribution < 1.29 is 19.8 Å². The van der Waals surface area contributed by atoms with Gasteiger partial charge in [-0.2, -0.15) is 0 Å². The average Bonchev–Trinajstić information content (AvgIpc) is 2.27. The lowest BCUT2D eigenvalue weighted by molar-refractivity contribution is -0.138. The van der Waals surface area contributed by atoms with Gasteiger partial charge in [0.15, 0.2) is 0 Å². The van der Waals surface area contributed by atoms with Crippen LogP contribution in [-0.2, 0) is 9.59 Å². The van der Waals surface area contributed by atoms with Crippen molar-refractivity contribution in [1.29, 1.82) is 0 Å². The van der Waals surface area contributed by atoms with Gasteiger partial charge in [-0.25, -0.2) is 0 Å². The number of aromatic nitrogens is 1. The molecule has 0 bridgehead atoms. The van der Waals surface area contributed by atoms with Gasteiger partial charge in [-0.15, -0.1) is 0 Å². The standard InChI is InChI=1S/C11H15N3O4/c12-7(4-9(15)16)6-2-1-3-14-11(6)8(13)5-10(17)18/h1-3,7-8H,4-5,12-13H2,(H,15,16)(H,17,18).